The average Bonchev–Trinajstić information content (AvgIpc) is 2.59. The first-order chi connectivity index (χ1) is 4.97. The second-order valence-corrected chi connectivity index (χ2v) is 3.38. The Labute approximate surface area is 65.5 Å². The van der Waals surface area contributed by atoms with Crippen molar-refractivity contribution < 1.29 is 4.98 Å². The molecule has 0 aliphatic carbocycles. The fourth-order valence-corrected chi connectivity index (χ4v) is 1.89. The maximum absolute atomic E-state index is 3.76. The van der Waals surface area contributed by atoms with Crippen LogP contribution in [0, 0.1) is 0 Å². The second-order valence-electron chi connectivity index (χ2n) is 1.68. The zero-order chi connectivity index (χ0) is 6.81. The third-order valence-corrected chi connectivity index (χ3v) is 2.71. The molecule has 0 bridgehead atoms. The third-order valence-electron chi connectivity index (χ3n) is 1.05. The average molecular weight is 170 g/mol. The van der Waals surface area contributed by atoms with Crippen LogP contribution in [0.1, 0.15) is 0 Å². The van der Waals surface area contributed by atoms with Crippen LogP contribution in [0.2, 0.25) is 0 Å². The first-order valence-corrected chi connectivity index (χ1v) is 4.35. The lowest BCUT2D eigenvalue weighted by atomic mass is 10.6. The van der Waals surface area contributed by atoms with E-state index >= 15 is 0 Å². The molecule has 2 heterocycles. The molecule has 0 atom stereocenters. The van der Waals surface area contributed by atoms with Gasteiger partial charge >= 0.3 is 0 Å². The molecular formula is C5H4N3S2+. The Kier molecular flexibility index (Phi) is 1.44. The summed E-state index contributed by atoms with van der Waals surface area (Å²) >= 11 is 3.05. The summed E-state index contributed by atoms with van der Waals surface area (Å²) in [6.45, 7) is 0. The Bertz CT molecular complexity index is 254. The van der Waals surface area contributed by atoms with Crippen LogP contribution >= 0.6 is 22.9 Å². The van der Waals surface area contributed by atoms with Gasteiger partial charge in [-0.25, -0.2) is 4.98 Å². The molecule has 0 aliphatic heterocycles. The summed E-state index contributed by atoms with van der Waals surface area (Å²) in [5, 5.41) is 6.85. The molecule has 1 N–H and O–H groups in total. The molecule has 0 aliphatic rings. The predicted molar refractivity (Wildman–Crippen MR) is 39.8 cm³/mol. The Morgan fingerprint density at radius 3 is 3.10 bits per heavy atom. The minimum Gasteiger partial charge on any atom is -0.201 e. The van der Waals surface area contributed by atoms with Crippen LogP contribution in [0.3, 0.4) is 0 Å². The molecule has 0 saturated carbocycles. The summed E-state index contributed by atoms with van der Waals surface area (Å²) in [5.74, 6) is 0. The molecule has 5 heteroatoms. The van der Waals surface area contributed by atoms with Gasteiger partial charge in [0.2, 0.25) is 0 Å². The van der Waals surface area contributed by atoms with E-state index in [4.69, 9.17) is 0 Å². The number of hydrogen-bond donors (Lipinski definition) is 0. The van der Waals surface area contributed by atoms with Gasteiger partial charge < -0.3 is 0 Å². The van der Waals surface area contributed by atoms with Crippen molar-refractivity contribution in [2.45, 2.75) is 0 Å². The molecule has 0 spiro atoms. The van der Waals surface area contributed by atoms with Gasteiger partial charge in [-0.2, -0.15) is 0 Å². The van der Waals surface area contributed by atoms with Crippen molar-refractivity contribution in [1.82, 2.24) is 9.59 Å². The van der Waals surface area contributed by atoms with E-state index in [2.05, 4.69) is 14.6 Å². The fraction of sp³-hybridized carbons (Fsp3) is 0. The van der Waals surface area contributed by atoms with Gasteiger partial charge in [0.05, 0.1) is 11.6 Å². The van der Waals surface area contributed by atoms with Gasteiger partial charge in [-0.15, -0.1) is 5.10 Å². The van der Waals surface area contributed by atoms with Gasteiger partial charge in [-0.1, -0.05) is 15.8 Å². The van der Waals surface area contributed by atoms with Crippen LogP contribution in [0.4, 0.5) is 0 Å². The SMILES string of the molecule is c1csc(-c2cnns2)[nH+]1. The molecule has 2 aromatic heterocycles. The topological polar surface area (TPSA) is 39.9 Å². The molecule has 2 aromatic rings. The summed E-state index contributed by atoms with van der Waals surface area (Å²) in [6, 6.07) is 0. The first kappa shape index (κ1) is 5.94. The fourth-order valence-electron chi connectivity index (χ4n) is 0.642. The van der Waals surface area contributed by atoms with Gasteiger partial charge in [0.15, 0.2) is 11.1 Å². The largest absolute Gasteiger partial charge is 0.280 e. The van der Waals surface area contributed by atoms with Crippen LogP contribution in [-0.2, 0) is 0 Å². The third kappa shape index (κ3) is 0.932. The number of hydrogen-bond acceptors (Lipinski definition) is 4. The number of aromatic amines is 1. The number of thiazole rings is 1. The van der Waals surface area contributed by atoms with Crippen LogP contribution in [0.5, 0.6) is 0 Å². The van der Waals surface area contributed by atoms with Crippen molar-refractivity contribution in [3.8, 4) is 9.88 Å². The smallest absolute Gasteiger partial charge is 0.201 e. The molecule has 0 radical (unpaired) electrons. The maximum Gasteiger partial charge on any atom is 0.280 e. The maximum atomic E-state index is 3.76. The van der Waals surface area contributed by atoms with Crippen molar-refractivity contribution in [1.29, 1.82) is 0 Å². The molecule has 10 heavy (non-hydrogen) atoms. The lowest BCUT2D eigenvalue weighted by molar-refractivity contribution is -0.357. The van der Waals surface area contributed by atoms with Crippen molar-refractivity contribution in [3.63, 3.8) is 0 Å². The van der Waals surface area contributed by atoms with E-state index in [-0.39, 0.29) is 0 Å². The lowest BCUT2D eigenvalue weighted by Crippen LogP contribution is -1.95. The molecule has 0 saturated heterocycles. The molecule has 0 unspecified atom stereocenters. The van der Waals surface area contributed by atoms with E-state index in [1.165, 1.54) is 11.5 Å². The van der Waals surface area contributed by atoms with Crippen LogP contribution in [0.25, 0.3) is 9.88 Å². The van der Waals surface area contributed by atoms with Crippen molar-refractivity contribution in [3.05, 3.63) is 17.8 Å². The van der Waals surface area contributed by atoms with E-state index in [0.29, 0.717) is 0 Å². The van der Waals surface area contributed by atoms with E-state index in [1.807, 2.05) is 11.6 Å². The molecule has 0 fully saturated rings. The number of H-pyrrole nitrogens is 1. The standard InChI is InChI=1S/C5H3N3S2/c1-2-9-5(6-1)4-3-7-8-10-4/h1-3H/p+1. The zero-order valence-corrected chi connectivity index (χ0v) is 6.58. The van der Waals surface area contributed by atoms with Crippen molar-refractivity contribution in [2.24, 2.45) is 0 Å². The van der Waals surface area contributed by atoms with E-state index in [0.717, 1.165) is 9.88 Å². The summed E-state index contributed by atoms with van der Waals surface area (Å²) in [5.41, 5.74) is 0. The molecule has 3 nitrogen and oxygen atoms in total. The highest BCUT2D eigenvalue weighted by Gasteiger charge is 2.07. The van der Waals surface area contributed by atoms with Crippen molar-refractivity contribution in [2.75, 3.05) is 0 Å². The number of nitrogens with zero attached hydrogens (tertiary/aromatic N) is 2. The highest BCUT2D eigenvalue weighted by atomic mass is 32.1. The summed E-state index contributed by atoms with van der Waals surface area (Å²) < 4.78 is 3.76. The second kappa shape index (κ2) is 2.43. The molecular weight excluding hydrogens is 166 g/mol. The van der Waals surface area contributed by atoms with Gasteiger partial charge in [0.1, 0.15) is 0 Å². The minimum absolute atomic E-state index is 1.09. The van der Waals surface area contributed by atoms with Crippen molar-refractivity contribution >= 4 is 22.9 Å². The Morgan fingerprint density at radius 2 is 2.50 bits per heavy atom. The molecule has 0 amide bonds. The zero-order valence-electron chi connectivity index (χ0n) is 4.94. The van der Waals surface area contributed by atoms with Gasteiger partial charge in [-0.05, 0) is 11.5 Å². The highest BCUT2D eigenvalue weighted by Crippen LogP contribution is 2.19. The number of rotatable bonds is 1. The lowest BCUT2D eigenvalue weighted by Gasteiger charge is -1.73. The molecule has 0 aromatic carbocycles. The number of aromatic nitrogens is 3. The Balaban J connectivity index is 2.48. The van der Waals surface area contributed by atoms with E-state index in [1.54, 1.807) is 17.5 Å². The number of nitrogens with one attached hydrogen (secondary N) is 1. The summed E-state index contributed by atoms with van der Waals surface area (Å²) in [7, 11) is 0. The molecule has 50 valence electrons. The summed E-state index contributed by atoms with van der Waals surface area (Å²) in [4.78, 5) is 4.18. The monoisotopic (exact) mass is 170 g/mol. The van der Waals surface area contributed by atoms with Gasteiger partial charge in [-0.3, -0.25) is 0 Å². The normalized spacial score (nSPS) is 10.0. The van der Waals surface area contributed by atoms with Crippen LogP contribution in [0.15, 0.2) is 17.8 Å². The van der Waals surface area contributed by atoms with Gasteiger partial charge in [0.25, 0.3) is 5.01 Å². The van der Waals surface area contributed by atoms with Crippen LogP contribution < -0.4 is 4.98 Å². The first-order valence-electron chi connectivity index (χ1n) is 2.70. The van der Waals surface area contributed by atoms with E-state index in [9.17, 15) is 0 Å². The Morgan fingerprint density at radius 1 is 1.50 bits per heavy atom. The molecule has 2 rings (SSSR count). The van der Waals surface area contributed by atoms with E-state index < -0.39 is 0 Å². The van der Waals surface area contributed by atoms with Gasteiger partial charge in [0, 0.05) is 0 Å². The quantitative estimate of drug-likeness (QED) is 0.642. The highest BCUT2D eigenvalue weighted by molar-refractivity contribution is 7.17. The Hall–Kier alpha value is -0.810. The van der Waals surface area contributed by atoms with Crippen LogP contribution in [-0.4, -0.2) is 9.59 Å². The summed E-state index contributed by atoms with van der Waals surface area (Å²) in [6.07, 6.45) is 3.66. The minimum atomic E-state index is 1.09. The predicted octanol–water partition coefficient (Wildman–Crippen LogP) is 1.08.